The molecule has 0 heterocycles. The summed E-state index contributed by atoms with van der Waals surface area (Å²) in [7, 11) is 0. The van der Waals surface area contributed by atoms with Crippen LogP contribution in [-0.2, 0) is 11.3 Å². The minimum atomic E-state index is -0.379. The van der Waals surface area contributed by atoms with Gasteiger partial charge in [0.25, 0.3) is 0 Å². The highest BCUT2D eigenvalue weighted by Gasteiger charge is 2.09. The third-order valence-electron chi connectivity index (χ3n) is 2.59. The van der Waals surface area contributed by atoms with Gasteiger partial charge in [-0.3, -0.25) is 9.69 Å². The van der Waals surface area contributed by atoms with Crippen molar-refractivity contribution in [3.8, 4) is 0 Å². The van der Waals surface area contributed by atoms with Crippen LogP contribution >= 0.6 is 0 Å². The zero-order chi connectivity index (χ0) is 13.5. The van der Waals surface area contributed by atoms with Crippen LogP contribution < -0.4 is 11.5 Å². The largest absolute Gasteiger partial charge is 0.399 e. The van der Waals surface area contributed by atoms with Gasteiger partial charge >= 0.3 is 0 Å². The average Bonchev–Trinajstić information content (AvgIpc) is 2.23. The number of hydrogen-bond acceptors (Lipinski definition) is 3. The minimum Gasteiger partial charge on any atom is -0.399 e. The molecule has 0 bridgehead atoms. The van der Waals surface area contributed by atoms with Crippen molar-refractivity contribution in [1.29, 1.82) is 0 Å². The second-order valence-corrected chi connectivity index (χ2v) is 4.42. The van der Waals surface area contributed by atoms with E-state index in [9.17, 15) is 9.18 Å². The van der Waals surface area contributed by atoms with E-state index in [1.165, 1.54) is 12.1 Å². The minimum absolute atomic E-state index is 0.177. The normalized spacial score (nSPS) is 10.8. The lowest BCUT2D eigenvalue weighted by Crippen LogP contribution is -2.34. The van der Waals surface area contributed by atoms with Crippen molar-refractivity contribution >= 4 is 11.6 Å². The predicted octanol–water partition coefficient (Wildman–Crippen LogP) is 1.50. The van der Waals surface area contributed by atoms with Crippen LogP contribution in [0.3, 0.4) is 0 Å². The van der Waals surface area contributed by atoms with E-state index in [1.54, 1.807) is 6.07 Å². The number of amides is 1. The van der Waals surface area contributed by atoms with Crippen molar-refractivity contribution in [2.24, 2.45) is 5.73 Å². The monoisotopic (exact) mass is 253 g/mol. The Labute approximate surface area is 107 Å². The van der Waals surface area contributed by atoms with Crippen molar-refractivity contribution in [3.63, 3.8) is 0 Å². The lowest BCUT2D eigenvalue weighted by Gasteiger charge is -2.20. The van der Waals surface area contributed by atoms with E-state index in [1.807, 2.05) is 4.90 Å². The van der Waals surface area contributed by atoms with Gasteiger partial charge in [-0.15, -0.1) is 0 Å². The number of carbonyl (C=O) groups is 1. The van der Waals surface area contributed by atoms with Gasteiger partial charge in [0.2, 0.25) is 5.91 Å². The van der Waals surface area contributed by atoms with Crippen LogP contribution in [0.5, 0.6) is 0 Å². The molecule has 4 N–H and O–H groups in total. The Bertz CT molecular complexity index is 389. The van der Waals surface area contributed by atoms with Gasteiger partial charge in [0.15, 0.2) is 0 Å². The fourth-order valence-electron chi connectivity index (χ4n) is 1.84. The lowest BCUT2D eigenvalue weighted by atomic mass is 10.1. The van der Waals surface area contributed by atoms with E-state index in [4.69, 9.17) is 11.5 Å². The number of unbranched alkanes of at least 4 members (excludes halogenated alkanes) is 1. The first-order valence-electron chi connectivity index (χ1n) is 6.07. The van der Waals surface area contributed by atoms with E-state index < -0.39 is 0 Å². The number of hydrogen-bond donors (Lipinski definition) is 2. The van der Waals surface area contributed by atoms with Crippen LogP contribution in [0.15, 0.2) is 18.2 Å². The van der Waals surface area contributed by atoms with Crippen molar-refractivity contribution in [2.75, 3.05) is 18.8 Å². The molecule has 1 rings (SSSR count). The van der Waals surface area contributed by atoms with Crippen LogP contribution in [0.4, 0.5) is 10.1 Å². The van der Waals surface area contributed by atoms with Crippen LogP contribution in [0, 0.1) is 5.82 Å². The summed E-state index contributed by atoms with van der Waals surface area (Å²) in [5, 5.41) is 0. The number of halogens is 1. The number of carbonyl (C=O) groups excluding carboxylic acids is 1. The molecule has 0 spiro atoms. The van der Waals surface area contributed by atoms with Gasteiger partial charge in [0.1, 0.15) is 5.82 Å². The van der Waals surface area contributed by atoms with Crippen molar-refractivity contribution in [2.45, 2.75) is 26.3 Å². The number of rotatable bonds is 7. The smallest absolute Gasteiger partial charge is 0.231 e. The van der Waals surface area contributed by atoms with E-state index in [2.05, 4.69) is 6.92 Å². The second-order valence-electron chi connectivity index (χ2n) is 4.42. The maximum Gasteiger partial charge on any atom is 0.231 e. The molecule has 0 unspecified atom stereocenters. The zero-order valence-electron chi connectivity index (χ0n) is 10.7. The molecule has 100 valence electrons. The van der Waals surface area contributed by atoms with E-state index >= 15 is 0 Å². The van der Waals surface area contributed by atoms with Crippen LogP contribution in [0.1, 0.15) is 25.3 Å². The Kier molecular flexibility index (Phi) is 5.58. The molecule has 0 radical (unpaired) electrons. The molecular formula is C13H20FN3O. The van der Waals surface area contributed by atoms with Gasteiger partial charge in [-0.25, -0.2) is 4.39 Å². The number of nitrogen functional groups attached to an aromatic ring is 1. The Balaban J connectivity index is 2.71. The van der Waals surface area contributed by atoms with Crippen LogP contribution in [0.25, 0.3) is 0 Å². The molecule has 1 amide bonds. The summed E-state index contributed by atoms with van der Waals surface area (Å²) in [6, 6.07) is 4.41. The Morgan fingerprint density at radius 1 is 1.39 bits per heavy atom. The first-order chi connectivity index (χ1) is 8.51. The number of benzene rings is 1. The van der Waals surface area contributed by atoms with Crippen molar-refractivity contribution in [1.82, 2.24) is 4.90 Å². The topological polar surface area (TPSA) is 72.3 Å². The molecule has 0 aliphatic rings. The highest BCUT2D eigenvalue weighted by atomic mass is 19.1. The molecule has 4 nitrogen and oxygen atoms in total. The fourth-order valence-corrected chi connectivity index (χ4v) is 1.84. The Hall–Kier alpha value is -1.62. The van der Waals surface area contributed by atoms with E-state index in [-0.39, 0.29) is 18.3 Å². The molecule has 0 atom stereocenters. The van der Waals surface area contributed by atoms with Crippen molar-refractivity contribution in [3.05, 3.63) is 29.6 Å². The first-order valence-corrected chi connectivity index (χ1v) is 6.07. The lowest BCUT2D eigenvalue weighted by molar-refractivity contribution is -0.119. The summed E-state index contributed by atoms with van der Waals surface area (Å²) >= 11 is 0. The fraction of sp³-hybridized carbons (Fsp3) is 0.462. The van der Waals surface area contributed by atoms with Crippen LogP contribution in [-0.4, -0.2) is 23.9 Å². The third-order valence-corrected chi connectivity index (χ3v) is 2.59. The molecule has 1 aromatic rings. The van der Waals surface area contributed by atoms with Gasteiger partial charge in [0, 0.05) is 12.2 Å². The Morgan fingerprint density at radius 2 is 2.11 bits per heavy atom. The summed E-state index contributed by atoms with van der Waals surface area (Å²) in [6.45, 7) is 3.49. The number of nitrogens with two attached hydrogens (primary N) is 2. The molecule has 1 aromatic carbocycles. The number of primary amides is 1. The molecule has 0 saturated heterocycles. The van der Waals surface area contributed by atoms with Gasteiger partial charge in [-0.05, 0) is 36.7 Å². The summed E-state index contributed by atoms with van der Waals surface area (Å²) < 4.78 is 13.2. The van der Waals surface area contributed by atoms with Gasteiger partial charge in [-0.1, -0.05) is 13.3 Å². The van der Waals surface area contributed by atoms with Gasteiger partial charge in [-0.2, -0.15) is 0 Å². The number of nitrogens with zero attached hydrogens (tertiary/aromatic N) is 1. The van der Waals surface area contributed by atoms with E-state index in [0.29, 0.717) is 12.2 Å². The van der Waals surface area contributed by atoms with Crippen molar-refractivity contribution < 1.29 is 9.18 Å². The highest BCUT2D eigenvalue weighted by Crippen LogP contribution is 2.13. The highest BCUT2D eigenvalue weighted by molar-refractivity contribution is 5.75. The maximum atomic E-state index is 13.2. The quantitative estimate of drug-likeness (QED) is 0.723. The summed E-state index contributed by atoms with van der Waals surface area (Å²) in [6.07, 6.45) is 2.00. The molecule has 0 fully saturated rings. The predicted molar refractivity (Wildman–Crippen MR) is 70.2 cm³/mol. The SMILES string of the molecule is CCCCN(CC(N)=O)Cc1cc(N)cc(F)c1. The molecule has 5 heteroatoms. The molecule has 0 saturated carbocycles. The Morgan fingerprint density at radius 3 is 2.67 bits per heavy atom. The summed E-state index contributed by atoms with van der Waals surface area (Å²) in [5.41, 5.74) is 11.9. The van der Waals surface area contributed by atoms with Gasteiger partial charge in [0.05, 0.1) is 6.54 Å². The maximum absolute atomic E-state index is 13.2. The zero-order valence-corrected chi connectivity index (χ0v) is 10.7. The average molecular weight is 253 g/mol. The summed E-state index contributed by atoms with van der Waals surface area (Å²) in [4.78, 5) is 12.9. The molecule has 0 aliphatic heterocycles. The second kappa shape index (κ2) is 6.96. The molecule has 0 aliphatic carbocycles. The number of anilines is 1. The van der Waals surface area contributed by atoms with Crippen LogP contribution in [0.2, 0.25) is 0 Å². The summed E-state index contributed by atoms with van der Waals surface area (Å²) in [5.74, 6) is -0.741. The standard InChI is InChI=1S/C13H20FN3O/c1-2-3-4-17(9-13(16)18)8-10-5-11(14)7-12(15)6-10/h5-7H,2-4,8-9,15H2,1H3,(H2,16,18). The third kappa shape index (κ3) is 5.14. The molecule has 0 aromatic heterocycles. The molecule has 18 heavy (non-hydrogen) atoms. The first kappa shape index (κ1) is 14.4. The molecular weight excluding hydrogens is 233 g/mol. The van der Waals surface area contributed by atoms with E-state index in [0.717, 1.165) is 24.9 Å². The van der Waals surface area contributed by atoms with Gasteiger partial charge < -0.3 is 11.5 Å².